The zero-order chi connectivity index (χ0) is 12.7. The van der Waals surface area contributed by atoms with Crippen LogP contribution in [0, 0.1) is 0 Å². The third-order valence-corrected chi connectivity index (χ3v) is 2.99. The molecule has 0 aliphatic rings. The van der Waals surface area contributed by atoms with E-state index in [-0.39, 0.29) is 11.7 Å². The molecule has 3 N–H and O–H groups in total. The number of carbonyl (C=O) groups excluding carboxylic acids is 1. The number of rotatable bonds is 6. The van der Waals surface area contributed by atoms with E-state index in [0.717, 1.165) is 5.56 Å². The molecule has 1 rings (SSSR count). The van der Waals surface area contributed by atoms with Gasteiger partial charge in [-0.25, -0.2) is 13.6 Å². The quantitative estimate of drug-likeness (QED) is 0.703. The van der Waals surface area contributed by atoms with Crippen molar-refractivity contribution in [3.8, 4) is 0 Å². The van der Waals surface area contributed by atoms with Crippen molar-refractivity contribution in [1.29, 1.82) is 0 Å². The summed E-state index contributed by atoms with van der Waals surface area (Å²) < 4.78 is 21.3. The van der Waals surface area contributed by atoms with Crippen molar-refractivity contribution in [3.63, 3.8) is 0 Å². The summed E-state index contributed by atoms with van der Waals surface area (Å²) in [6, 6.07) is 9.34. The molecule has 0 aliphatic carbocycles. The molecule has 0 saturated heterocycles. The fourth-order valence-corrected chi connectivity index (χ4v) is 1.89. The van der Waals surface area contributed by atoms with Crippen molar-refractivity contribution in [3.05, 3.63) is 35.9 Å². The first kappa shape index (κ1) is 13.7. The van der Waals surface area contributed by atoms with E-state index in [2.05, 4.69) is 5.32 Å². The van der Waals surface area contributed by atoms with Crippen LogP contribution in [0.15, 0.2) is 30.3 Å². The van der Waals surface area contributed by atoms with Gasteiger partial charge in [0.05, 0.1) is 12.2 Å². The number of hydrogen-bond donors (Lipinski definition) is 2. The molecule has 0 bridgehead atoms. The van der Waals surface area contributed by atoms with Gasteiger partial charge in [0.2, 0.25) is 15.9 Å². The minimum absolute atomic E-state index is 0.112. The van der Waals surface area contributed by atoms with E-state index in [1.54, 1.807) is 0 Å². The molecule has 1 aromatic carbocycles. The second-order valence-electron chi connectivity index (χ2n) is 3.73. The lowest BCUT2D eigenvalue weighted by molar-refractivity contribution is -0.120. The Labute approximate surface area is 101 Å². The first-order valence-electron chi connectivity index (χ1n) is 5.28. The molecule has 17 heavy (non-hydrogen) atoms. The van der Waals surface area contributed by atoms with E-state index < -0.39 is 10.0 Å². The van der Waals surface area contributed by atoms with Gasteiger partial charge in [-0.2, -0.15) is 0 Å². The molecule has 94 valence electrons. The number of carbonyl (C=O) groups is 1. The fourth-order valence-electron chi connectivity index (χ4n) is 1.34. The van der Waals surface area contributed by atoms with Crippen LogP contribution in [0.4, 0.5) is 0 Å². The van der Waals surface area contributed by atoms with E-state index in [1.807, 2.05) is 30.3 Å². The van der Waals surface area contributed by atoms with Gasteiger partial charge >= 0.3 is 0 Å². The molecular weight excluding hydrogens is 240 g/mol. The van der Waals surface area contributed by atoms with Crippen molar-refractivity contribution in [2.24, 2.45) is 5.14 Å². The van der Waals surface area contributed by atoms with Gasteiger partial charge in [-0.3, -0.25) is 4.79 Å². The third kappa shape index (κ3) is 6.70. The van der Waals surface area contributed by atoms with Crippen LogP contribution >= 0.6 is 0 Å². The molecule has 0 unspecified atom stereocenters. The lowest BCUT2D eigenvalue weighted by Gasteiger charge is -2.04. The summed E-state index contributed by atoms with van der Waals surface area (Å²) in [6.45, 7) is 0.322. The lowest BCUT2D eigenvalue weighted by atomic mass is 10.1. The van der Waals surface area contributed by atoms with Crippen LogP contribution in [-0.4, -0.2) is 26.6 Å². The van der Waals surface area contributed by atoms with Gasteiger partial charge in [-0.1, -0.05) is 30.3 Å². The summed E-state index contributed by atoms with van der Waals surface area (Å²) in [5, 5.41) is 7.48. The Hall–Kier alpha value is -1.40. The maximum Gasteiger partial charge on any atom is 0.224 e. The second kappa shape index (κ2) is 6.36. The van der Waals surface area contributed by atoms with Crippen LogP contribution in [0.25, 0.3) is 0 Å². The van der Waals surface area contributed by atoms with E-state index in [9.17, 15) is 13.2 Å². The molecule has 0 saturated carbocycles. The molecule has 6 heteroatoms. The van der Waals surface area contributed by atoms with Gasteiger partial charge in [0, 0.05) is 6.54 Å². The van der Waals surface area contributed by atoms with Crippen LogP contribution in [0.5, 0.6) is 0 Å². The Kier molecular flexibility index (Phi) is 5.11. The predicted octanol–water partition coefficient (Wildman–Crippen LogP) is 0.0239. The maximum absolute atomic E-state index is 11.4. The van der Waals surface area contributed by atoms with E-state index in [0.29, 0.717) is 19.4 Å². The SMILES string of the molecule is NS(=O)(=O)CCCNC(=O)Cc1ccccc1. The first-order valence-corrected chi connectivity index (χ1v) is 7.00. The fraction of sp³-hybridized carbons (Fsp3) is 0.364. The van der Waals surface area contributed by atoms with Crippen molar-refractivity contribution >= 4 is 15.9 Å². The number of primary sulfonamides is 1. The summed E-state index contributed by atoms with van der Waals surface area (Å²) in [5.74, 6) is -0.232. The Morgan fingerprint density at radius 1 is 1.24 bits per heavy atom. The van der Waals surface area contributed by atoms with Crippen LogP contribution < -0.4 is 10.5 Å². The number of benzene rings is 1. The summed E-state index contributed by atoms with van der Waals surface area (Å²) in [4.78, 5) is 11.4. The van der Waals surface area contributed by atoms with E-state index >= 15 is 0 Å². The smallest absolute Gasteiger partial charge is 0.224 e. The topological polar surface area (TPSA) is 89.3 Å². The number of nitrogens with one attached hydrogen (secondary N) is 1. The highest BCUT2D eigenvalue weighted by Gasteiger charge is 2.04. The number of nitrogens with two attached hydrogens (primary N) is 1. The number of amides is 1. The largest absolute Gasteiger partial charge is 0.356 e. The number of hydrogen-bond acceptors (Lipinski definition) is 3. The molecule has 0 aliphatic heterocycles. The van der Waals surface area contributed by atoms with Crippen LogP contribution in [0.1, 0.15) is 12.0 Å². The Balaban J connectivity index is 2.23. The van der Waals surface area contributed by atoms with Gasteiger partial charge in [-0.05, 0) is 12.0 Å². The Bertz CT molecular complexity index is 457. The van der Waals surface area contributed by atoms with Crippen LogP contribution in [-0.2, 0) is 21.2 Å². The minimum Gasteiger partial charge on any atom is -0.356 e. The van der Waals surface area contributed by atoms with Crippen molar-refractivity contribution in [2.45, 2.75) is 12.8 Å². The molecule has 0 aromatic heterocycles. The van der Waals surface area contributed by atoms with Gasteiger partial charge in [0.25, 0.3) is 0 Å². The molecule has 0 heterocycles. The van der Waals surface area contributed by atoms with Gasteiger partial charge in [0.1, 0.15) is 0 Å². The minimum atomic E-state index is -3.43. The lowest BCUT2D eigenvalue weighted by Crippen LogP contribution is -2.28. The molecule has 0 fully saturated rings. The molecule has 0 radical (unpaired) electrons. The van der Waals surface area contributed by atoms with Crippen LogP contribution in [0.2, 0.25) is 0 Å². The average Bonchev–Trinajstić information content (AvgIpc) is 2.25. The molecule has 1 amide bonds. The normalized spacial score (nSPS) is 11.1. The summed E-state index contributed by atoms with van der Waals surface area (Å²) >= 11 is 0. The standard InChI is InChI=1S/C11H16N2O3S/c12-17(15,16)8-4-7-13-11(14)9-10-5-2-1-3-6-10/h1-3,5-6H,4,7-9H2,(H,13,14)(H2,12,15,16). The molecule has 0 atom stereocenters. The molecular formula is C11H16N2O3S. The highest BCUT2D eigenvalue weighted by atomic mass is 32.2. The van der Waals surface area contributed by atoms with Crippen LogP contribution in [0.3, 0.4) is 0 Å². The Morgan fingerprint density at radius 2 is 1.88 bits per heavy atom. The van der Waals surface area contributed by atoms with Gasteiger partial charge in [0.15, 0.2) is 0 Å². The van der Waals surface area contributed by atoms with Gasteiger partial charge < -0.3 is 5.32 Å². The highest BCUT2D eigenvalue weighted by molar-refractivity contribution is 7.89. The first-order chi connectivity index (χ1) is 7.97. The predicted molar refractivity (Wildman–Crippen MR) is 65.7 cm³/mol. The van der Waals surface area contributed by atoms with Gasteiger partial charge in [-0.15, -0.1) is 0 Å². The third-order valence-electron chi connectivity index (χ3n) is 2.14. The summed E-state index contributed by atoms with van der Waals surface area (Å²) in [7, 11) is -3.43. The number of sulfonamides is 1. The van der Waals surface area contributed by atoms with Crippen molar-refractivity contribution in [2.75, 3.05) is 12.3 Å². The zero-order valence-electron chi connectivity index (χ0n) is 9.43. The molecule has 0 spiro atoms. The molecule has 1 aromatic rings. The van der Waals surface area contributed by atoms with E-state index in [1.165, 1.54) is 0 Å². The summed E-state index contributed by atoms with van der Waals surface area (Å²) in [5.41, 5.74) is 0.927. The monoisotopic (exact) mass is 256 g/mol. The average molecular weight is 256 g/mol. The van der Waals surface area contributed by atoms with Crippen molar-refractivity contribution < 1.29 is 13.2 Å². The Morgan fingerprint density at radius 3 is 2.47 bits per heavy atom. The van der Waals surface area contributed by atoms with E-state index in [4.69, 9.17) is 5.14 Å². The zero-order valence-corrected chi connectivity index (χ0v) is 10.2. The molecule has 5 nitrogen and oxygen atoms in total. The highest BCUT2D eigenvalue weighted by Crippen LogP contribution is 1.99. The second-order valence-corrected chi connectivity index (χ2v) is 5.47. The maximum atomic E-state index is 11.4. The summed E-state index contributed by atoms with van der Waals surface area (Å²) in [6.07, 6.45) is 0.635. The van der Waals surface area contributed by atoms with Crippen molar-refractivity contribution in [1.82, 2.24) is 5.32 Å².